The van der Waals surface area contributed by atoms with Gasteiger partial charge in [0.05, 0.1) is 13.2 Å². The van der Waals surface area contributed by atoms with Gasteiger partial charge in [-0.25, -0.2) is 0 Å². The van der Waals surface area contributed by atoms with Crippen molar-refractivity contribution in [3.05, 3.63) is 29.3 Å². The second-order valence-corrected chi connectivity index (χ2v) is 5.35. The minimum absolute atomic E-state index is 0.115. The van der Waals surface area contributed by atoms with E-state index in [0.29, 0.717) is 32.3 Å². The first-order valence-electron chi connectivity index (χ1n) is 6.98. The van der Waals surface area contributed by atoms with Gasteiger partial charge in [-0.1, -0.05) is 0 Å². The van der Waals surface area contributed by atoms with Gasteiger partial charge in [0.1, 0.15) is 0 Å². The van der Waals surface area contributed by atoms with Crippen molar-refractivity contribution in [2.75, 3.05) is 31.6 Å². The summed E-state index contributed by atoms with van der Waals surface area (Å²) in [5, 5.41) is 3.48. The summed E-state index contributed by atoms with van der Waals surface area (Å²) in [4.78, 5) is 14.2. The molecule has 1 aliphatic carbocycles. The van der Waals surface area contributed by atoms with Gasteiger partial charge in [0.15, 0.2) is 0 Å². The van der Waals surface area contributed by atoms with Crippen LogP contribution in [0.3, 0.4) is 0 Å². The van der Waals surface area contributed by atoms with Crippen LogP contribution in [0.5, 0.6) is 0 Å². The lowest BCUT2D eigenvalue weighted by Crippen LogP contribution is -2.40. The highest BCUT2D eigenvalue weighted by Gasteiger charge is 2.22. The van der Waals surface area contributed by atoms with E-state index in [1.54, 1.807) is 0 Å². The van der Waals surface area contributed by atoms with Crippen molar-refractivity contribution in [2.24, 2.45) is 0 Å². The highest BCUT2D eigenvalue weighted by atomic mass is 16.5. The van der Waals surface area contributed by atoms with E-state index in [4.69, 9.17) is 4.74 Å². The largest absolute Gasteiger partial charge is 0.382 e. The van der Waals surface area contributed by atoms with E-state index in [-0.39, 0.29) is 5.91 Å². The molecule has 4 heteroatoms. The topological polar surface area (TPSA) is 41.6 Å². The van der Waals surface area contributed by atoms with E-state index in [1.165, 1.54) is 12.8 Å². The molecule has 1 N–H and O–H groups in total. The highest BCUT2D eigenvalue weighted by molar-refractivity contribution is 5.95. The molecule has 1 aromatic carbocycles. The van der Waals surface area contributed by atoms with Crippen LogP contribution in [0, 0.1) is 6.92 Å². The normalized spacial score (nSPS) is 19.3. The number of carbonyl (C=O) groups excluding carboxylic acids is 1. The Morgan fingerprint density at radius 3 is 2.68 bits per heavy atom. The van der Waals surface area contributed by atoms with Crippen LogP contribution in [0.15, 0.2) is 18.2 Å². The molecule has 0 unspecified atom stereocenters. The van der Waals surface area contributed by atoms with Crippen molar-refractivity contribution in [3.8, 4) is 0 Å². The second-order valence-electron chi connectivity index (χ2n) is 5.35. The number of nitrogens with one attached hydrogen (secondary N) is 1. The van der Waals surface area contributed by atoms with Crippen molar-refractivity contribution in [1.29, 1.82) is 0 Å². The van der Waals surface area contributed by atoms with Gasteiger partial charge in [0.25, 0.3) is 5.91 Å². The number of benzene rings is 1. The van der Waals surface area contributed by atoms with E-state index in [2.05, 4.69) is 12.2 Å². The van der Waals surface area contributed by atoms with Crippen LogP contribution in [-0.4, -0.2) is 43.2 Å². The Morgan fingerprint density at radius 2 is 2.05 bits per heavy atom. The van der Waals surface area contributed by atoms with E-state index in [0.717, 1.165) is 16.8 Å². The number of aryl methyl sites for hydroxylation is 1. The lowest BCUT2D eigenvalue weighted by molar-refractivity contribution is 0.0303. The van der Waals surface area contributed by atoms with Crippen LogP contribution in [0.2, 0.25) is 0 Å². The van der Waals surface area contributed by atoms with Gasteiger partial charge in [-0.15, -0.1) is 0 Å². The molecule has 1 heterocycles. The zero-order valence-corrected chi connectivity index (χ0v) is 11.3. The maximum absolute atomic E-state index is 12.3. The molecule has 0 atom stereocenters. The summed E-state index contributed by atoms with van der Waals surface area (Å²) >= 11 is 0. The molecule has 0 bridgehead atoms. The van der Waals surface area contributed by atoms with Gasteiger partial charge in [0, 0.05) is 30.4 Å². The Bertz CT molecular complexity index is 477. The molecular weight excluding hydrogens is 240 g/mol. The third-order valence-corrected chi connectivity index (χ3v) is 3.71. The van der Waals surface area contributed by atoms with E-state index >= 15 is 0 Å². The van der Waals surface area contributed by atoms with Gasteiger partial charge in [-0.3, -0.25) is 4.79 Å². The zero-order valence-electron chi connectivity index (χ0n) is 11.3. The minimum atomic E-state index is 0.115. The summed E-state index contributed by atoms with van der Waals surface area (Å²) in [5.74, 6) is 0.115. The summed E-state index contributed by atoms with van der Waals surface area (Å²) in [7, 11) is 0. The van der Waals surface area contributed by atoms with Crippen molar-refractivity contribution >= 4 is 11.6 Å². The predicted octanol–water partition coefficient (Wildman–Crippen LogP) is 2.04. The highest BCUT2D eigenvalue weighted by Crippen LogP contribution is 2.27. The van der Waals surface area contributed by atoms with Crippen LogP contribution in [0.25, 0.3) is 0 Å². The van der Waals surface area contributed by atoms with Crippen molar-refractivity contribution in [2.45, 2.75) is 25.8 Å². The third kappa shape index (κ3) is 2.89. The van der Waals surface area contributed by atoms with Crippen molar-refractivity contribution in [1.82, 2.24) is 4.90 Å². The molecule has 1 aliphatic heterocycles. The van der Waals surface area contributed by atoms with Crippen LogP contribution < -0.4 is 5.32 Å². The van der Waals surface area contributed by atoms with Gasteiger partial charge in [0.2, 0.25) is 0 Å². The summed E-state index contributed by atoms with van der Waals surface area (Å²) in [5.41, 5.74) is 3.08. The van der Waals surface area contributed by atoms with Gasteiger partial charge in [-0.2, -0.15) is 0 Å². The number of morpholine rings is 1. The first-order chi connectivity index (χ1) is 9.24. The summed E-state index contributed by atoms with van der Waals surface area (Å²) in [6.07, 6.45) is 2.52. The Kier molecular flexibility index (Phi) is 3.42. The van der Waals surface area contributed by atoms with E-state index in [9.17, 15) is 4.79 Å². The lowest BCUT2D eigenvalue weighted by atomic mass is 10.1. The Hall–Kier alpha value is -1.55. The SMILES string of the molecule is Cc1cc(C(=O)N2CCOCC2)ccc1NC1CC1. The number of amides is 1. The van der Waals surface area contributed by atoms with Crippen molar-refractivity contribution < 1.29 is 9.53 Å². The monoisotopic (exact) mass is 260 g/mol. The maximum Gasteiger partial charge on any atom is 0.254 e. The summed E-state index contributed by atoms with van der Waals surface area (Å²) in [6.45, 7) is 4.73. The van der Waals surface area contributed by atoms with Crippen LogP contribution in [-0.2, 0) is 4.74 Å². The number of anilines is 1. The predicted molar refractivity (Wildman–Crippen MR) is 74.5 cm³/mol. The number of rotatable bonds is 3. The number of ether oxygens (including phenoxy) is 1. The molecule has 1 saturated heterocycles. The Labute approximate surface area is 113 Å². The molecule has 1 saturated carbocycles. The third-order valence-electron chi connectivity index (χ3n) is 3.71. The molecule has 0 spiro atoms. The molecule has 3 rings (SSSR count). The fraction of sp³-hybridized carbons (Fsp3) is 0.533. The molecule has 0 aromatic heterocycles. The van der Waals surface area contributed by atoms with Crippen molar-refractivity contribution in [3.63, 3.8) is 0 Å². The number of carbonyl (C=O) groups is 1. The lowest BCUT2D eigenvalue weighted by Gasteiger charge is -2.27. The van der Waals surface area contributed by atoms with E-state index < -0.39 is 0 Å². The first-order valence-corrected chi connectivity index (χ1v) is 6.98. The quantitative estimate of drug-likeness (QED) is 0.904. The summed E-state index contributed by atoms with van der Waals surface area (Å²) in [6, 6.07) is 6.58. The van der Waals surface area contributed by atoms with Crippen LogP contribution in [0.1, 0.15) is 28.8 Å². The molecule has 19 heavy (non-hydrogen) atoms. The number of nitrogens with zero attached hydrogens (tertiary/aromatic N) is 1. The molecular formula is C15H20N2O2. The molecule has 4 nitrogen and oxygen atoms in total. The molecule has 2 aliphatic rings. The molecule has 2 fully saturated rings. The van der Waals surface area contributed by atoms with Crippen LogP contribution >= 0.6 is 0 Å². The Balaban J connectivity index is 1.72. The van der Waals surface area contributed by atoms with Crippen LogP contribution in [0.4, 0.5) is 5.69 Å². The maximum atomic E-state index is 12.3. The average molecular weight is 260 g/mol. The standard InChI is InChI=1S/C15H20N2O2/c1-11-10-12(2-5-14(11)16-13-3-4-13)15(18)17-6-8-19-9-7-17/h2,5,10,13,16H,3-4,6-9H2,1H3. The van der Waals surface area contributed by atoms with Gasteiger partial charge in [-0.05, 0) is 43.5 Å². The zero-order chi connectivity index (χ0) is 13.2. The molecule has 0 radical (unpaired) electrons. The molecule has 1 aromatic rings. The number of hydrogen-bond acceptors (Lipinski definition) is 3. The fourth-order valence-electron chi connectivity index (χ4n) is 2.36. The second kappa shape index (κ2) is 5.21. The minimum Gasteiger partial charge on any atom is -0.382 e. The van der Waals surface area contributed by atoms with Gasteiger partial charge < -0.3 is 15.0 Å². The molecule has 1 amide bonds. The Morgan fingerprint density at radius 1 is 1.32 bits per heavy atom. The fourth-order valence-corrected chi connectivity index (χ4v) is 2.36. The average Bonchev–Trinajstić information content (AvgIpc) is 3.25. The summed E-state index contributed by atoms with van der Waals surface area (Å²) < 4.78 is 5.28. The first kappa shape index (κ1) is 12.5. The van der Waals surface area contributed by atoms with Gasteiger partial charge >= 0.3 is 0 Å². The molecule has 102 valence electrons. The number of hydrogen-bond donors (Lipinski definition) is 1. The smallest absolute Gasteiger partial charge is 0.254 e. The van der Waals surface area contributed by atoms with E-state index in [1.807, 2.05) is 23.1 Å².